The summed E-state index contributed by atoms with van der Waals surface area (Å²) < 4.78 is 20.1. The van der Waals surface area contributed by atoms with Crippen LogP contribution in [0.1, 0.15) is 44.6 Å². The average molecular weight is 515 g/mol. The molecule has 3 aliphatic rings. The third kappa shape index (κ3) is 5.13. The molecule has 0 N–H and O–H groups in total. The van der Waals surface area contributed by atoms with Gasteiger partial charge < -0.3 is 14.5 Å². The first-order valence-electron chi connectivity index (χ1n) is 13.7. The molecule has 2 aliphatic heterocycles. The number of hydrogen-bond donors (Lipinski definition) is 0. The number of benzene rings is 2. The molecule has 0 radical (unpaired) electrons. The zero-order valence-corrected chi connectivity index (χ0v) is 22.0. The van der Waals surface area contributed by atoms with Gasteiger partial charge in [0.2, 0.25) is 0 Å². The fourth-order valence-corrected chi connectivity index (χ4v) is 7.11. The Morgan fingerprint density at radius 1 is 1.16 bits per heavy atom. The number of ether oxygens (including phenoxy) is 1. The van der Waals surface area contributed by atoms with Gasteiger partial charge in [0, 0.05) is 44.1 Å². The van der Waals surface area contributed by atoms with Crippen LogP contribution in [0.15, 0.2) is 48.5 Å². The highest BCUT2D eigenvalue weighted by atomic mass is 19.1. The van der Waals surface area contributed by atoms with E-state index in [0.717, 1.165) is 70.4 Å². The minimum atomic E-state index is -0.879. The van der Waals surface area contributed by atoms with Crippen molar-refractivity contribution in [1.82, 2.24) is 4.90 Å². The van der Waals surface area contributed by atoms with Crippen LogP contribution < -0.4 is 4.90 Å². The highest BCUT2D eigenvalue weighted by molar-refractivity contribution is 5.66. The monoisotopic (exact) mass is 514 g/mol. The van der Waals surface area contributed by atoms with Gasteiger partial charge in [0.1, 0.15) is 11.9 Å². The lowest BCUT2D eigenvalue weighted by Gasteiger charge is -2.48. The van der Waals surface area contributed by atoms with Crippen molar-refractivity contribution in [2.45, 2.75) is 50.5 Å². The topological polar surface area (TPSA) is 60.9 Å². The van der Waals surface area contributed by atoms with Gasteiger partial charge in [-0.05, 0) is 80.9 Å². The highest BCUT2D eigenvalue weighted by Crippen LogP contribution is 2.51. The lowest BCUT2D eigenvalue weighted by atomic mass is 9.59. The van der Waals surface area contributed by atoms with Crippen molar-refractivity contribution in [1.29, 1.82) is 5.26 Å². The van der Waals surface area contributed by atoms with Gasteiger partial charge in [-0.25, -0.2) is 9.24 Å². The smallest absolute Gasteiger partial charge is 0.302 e. The molecular formula is C31H35FN4O2. The highest BCUT2D eigenvalue weighted by Gasteiger charge is 2.53. The molecule has 1 saturated carbocycles. The molecule has 3 fully saturated rings. The summed E-state index contributed by atoms with van der Waals surface area (Å²) in [6.07, 6.45) is 3.87. The van der Waals surface area contributed by atoms with Crippen LogP contribution in [0.4, 0.5) is 15.8 Å². The lowest BCUT2D eigenvalue weighted by molar-refractivity contribution is -0.149. The number of anilines is 1. The fourth-order valence-electron chi connectivity index (χ4n) is 7.11. The molecule has 7 heteroatoms. The van der Waals surface area contributed by atoms with Crippen molar-refractivity contribution in [3.63, 3.8) is 0 Å². The Labute approximate surface area is 224 Å². The van der Waals surface area contributed by atoms with E-state index in [4.69, 9.17) is 11.3 Å². The summed E-state index contributed by atoms with van der Waals surface area (Å²) >= 11 is 0. The number of carbonyl (C=O) groups excluding carboxylic acids is 1. The van der Waals surface area contributed by atoms with E-state index in [1.807, 2.05) is 30.3 Å². The second kappa shape index (κ2) is 11.1. The van der Waals surface area contributed by atoms with Crippen LogP contribution in [0.5, 0.6) is 0 Å². The van der Waals surface area contributed by atoms with E-state index >= 15 is 0 Å². The van der Waals surface area contributed by atoms with E-state index < -0.39 is 5.41 Å². The van der Waals surface area contributed by atoms with Crippen LogP contribution in [-0.2, 0) is 14.9 Å². The molecular weight excluding hydrogens is 479 g/mol. The van der Waals surface area contributed by atoms with Gasteiger partial charge in [0.05, 0.1) is 18.1 Å². The summed E-state index contributed by atoms with van der Waals surface area (Å²) in [6, 6.07) is 17.0. The molecule has 3 atom stereocenters. The number of likely N-dealkylation sites (tertiary alicyclic amines) is 1. The Balaban J connectivity index is 1.26. The number of rotatable bonds is 7. The lowest BCUT2D eigenvalue weighted by Crippen LogP contribution is -2.54. The predicted octanol–water partition coefficient (Wildman–Crippen LogP) is 5.72. The molecule has 1 aliphatic carbocycles. The number of halogens is 1. The van der Waals surface area contributed by atoms with E-state index in [1.54, 1.807) is 6.07 Å². The van der Waals surface area contributed by atoms with Gasteiger partial charge >= 0.3 is 5.97 Å². The van der Waals surface area contributed by atoms with Crippen molar-refractivity contribution in [2.24, 2.45) is 17.8 Å². The number of esters is 1. The molecule has 2 saturated heterocycles. The van der Waals surface area contributed by atoms with Crippen LogP contribution in [0.2, 0.25) is 0 Å². The Kier molecular flexibility index (Phi) is 7.68. The number of nitriles is 1. The number of hydrogen-bond acceptors (Lipinski definition) is 5. The molecule has 2 aromatic carbocycles. The molecule has 2 heterocycles. The first-order chi connectivity index (χ1) is 18.4. The Morgan fingerprint density at radius 3 is 2.53 bits per heavy atom. The third-order valence-corrected chi connectivity index (χ3v) is 8.89. The molecule has 38 heavy (non-hydrogen) atoms. The van der Waals surface area contributed by atoms with Crippen molar-refractivity contribution < 1.29 is 13.9 Å². The van der Waals surface area contributed by atoms with Gasteiger partial charge in [-0.1, -0.05) is 24.3 Å². The quantitative estimate of drug-likeness (QED) is 0.350. The van der Waals surface area contributed by atoms with Crippen molar-refractivity contribution in [3.8, 4) is 6.07 Å². The Hall–Kier alpha value is -3.42. The van der Waals surface area contributed by atoms with Crippen LogP contribution >= 0.6 is 0 Å². The SMILES string of the molecule is [C-]#[N+]c1ccc(N2CC(CN3CCC(C(C#N)(c4cccc(F)c4)[C@@H]4CCC[C@H]4OC(C)=O)CC3)C2)cc1. The minimum Gasteiger partial charge on any atom is -0.462 e. The van der Waals surface area contributed by atoms with E-state index in [9.17, 15) is 14.4 Å². The zero-order valence-electron chi connectivity index (χ0n) is 22.0. The molecule has 198 valence electrons. The van der Waals surface area contributed by atoms with Crippen LogP contribution in [0.3, 0.4) is 0 Å². The molecule has 5 rings (SSSR count). The van der Waals surface area contributed by atoms with Gasteiger partial charge in [0.15, 0.2) is 5.69 Å². The minimum absolute atomic E-state index is 0.0746. The molecule has 0 bridgehead atoms. The maximum atomic E-state index is 14.4. The predicted molar refractivity (Wildman–Crippen MR) is 144 cm³/mol. The molecule has 0 spiro atoms. The molecule has 2 aromatic rings. The molecule has 0 amide bonds. The Bertz CT molecular complexity index is 1220. The van der Waals surface area contributed by atoms with Gasteiger partial charge in [-0.2, -0.15) is 5.26 Å². The summed E-state index contributed by atoms with van der Waals surface area (Å²) in [5.74, 6) is -0.117. The summed E-state index contributed by atoms with van der Waals surface area (Å²) in [6.45, 7) is 13.4. The summed E-state index contributed by atoms with van der Waals surface area (Å²) in [7, 11) is 0. The van der Waals surface area contributed by atoms with E-state index in [2.05, 4.69) is 20.7 Å². The number of nitrogens with zero attached hydrogens (tertiary/aromatic N) is 4. The summed E-state index contributed by atoms with van der Waals surface area (Å²) in [4.78, 5) is 20.2. The Morgan fingerprint density at radius 2 is 1.89 bits per heavy atom. The molecule has 6 nitrogen and oxygen atoms in total. The van der Waals surface area contributed by atoms with Crippen molar-refractivity contribution in [3.05, 3.63) is 71.3 Å². The third-order valence-electron chi connectivity index (χ3n) is 8.89. The fraction of sp³-hybridized carbons (Fsp3) is 0.516. The summed E-state index contributed by atoms with van der Waals surface area (Å²) in [5, 5.41) is 10.8. The molecule has 0 aromatic heterocycles. The summed E-state index contributed by atoms with van der Waals surface area (Å²) in [5.41, 5.74) is 1.67. The van der Waals surface area contributed by atoms with Crippen molar-refractivity contribution >= 4 is 17.3 Å². The first-order valence-corrected chi connectivity index (χ1v) is 13.7. The second-order valence-corrected chi connectivity index (χ2v) is 11.2. The van der Waals surface area contributed by atoms with Crippen LogP contribution in [0.25, 0.3) is 4.85 Å². The first kappa shape index (κ1) is 26.2. The van der Waals surface area contributed by atoms with Crippen LogP contribution in [-0.4, -0.2) is 49.7 Å². The maximum absolute atomic E-state index is 14.4. The number of piperidine rings is 1. The van der Waals surface area contributed by atoms with E-state index in [0.29, 0.717) is 11.6 Å². The zero-order chi connectivity index (χ0) is 26.7. The largest absolute Gasteiger partial charge is 0.462 e. The van der Waals surface area contributed by atoms with E-state index in [1.165, 1.54) is 24.7 Å². The number of carbonyl (C=O) groups is 1. The van der Waals surface area contributed by atoms with Gasteiger partial charge in [-0.15, -0.1) is 0 Å². The molecule has 1 unspecified atom stereocenters. The van der Waals surface area contributed by atoms with Gasteiger partial charge in [0.25, 0.3) is 0 Å². The van der Waals surface area contributed by atoms with Crippen molar-refractivity contribution in [2.75, 3.05) is 37.6 Å². The van der Waals surface area contributed by atoms with Gasteiger partial charge in [-0.3, -0.25) is 4.79 Å². The normalized spacial score (nSPS) is 24.2. The second-order valence-electron chi connectivity index (χ2n) is 11.2. The maximum Gasteiger partial charge on any atom is 0.302 e. The average Bonchev–Trinajstić information content (AvgIpc) is 3.35. The van der Waals surface area contributed by atoms with Crippen LogP contribution in [0, 0.1) is 41.5 Å². The standard InChI is InChI=1S/C31H35FN4O2/c1-22(37)38-30-8-4-7-29(30)31(21-33,25-5-3-6-26(32)17-25)24-13-15-35(16-14-24)18-23-19-36(20-23)28-11-9-27(34-2)10-12-28/h3,5-6,9-12,17,23-24,29-30H,4,7-8,13-16,18-20H2,1H3/t29-,30-,31?/m1/s1. The van der Waals surface area contributed by atoms with E-state index in [-0.39, 0.29) is 29.7 Å².